The van der Waals surface area contributed by atoms with E-state index in [1.54, 1.807) is 4.90 Å². The Bertz CT molecular complexity index is 358. The summed E-state index contributed by atoms with van der Waals surface area (Å²) in [7, 11) is -4.64. The van der Waals surface area contributed by atoms with Crippen LogP contribution < -0.4 is 0 Å². The lowest BCUT2D eigenvalue weighted by Crippen LogP contribution is -2.32. The van der Waals surface area contributed by atoms with Crippen molar-refractivity contribution >= 4 is 13.8 Å². The maximum Gasteiger partial charge on any atom is 0.466 e. The first kappa shape index (κ1) is 33.1. The van der Waals surface area contributed by atoms with Crippen LogP contribution in [0.15, 0.2) is 0 Å². The maximum absolute atomic E-state index is 10.2. The summed E-state index contributed by atoms with van der Waals surface area (Å²) in [6.45, 7) is 3.98. The average Bonchev–Trinajstić information content (AvgIpc) is 2.60. The Labute approximate surface area is 174 Å². The second-order valence-electron chi connectivity index (χ2n) is 6.50. The van der Waals surface area contributed by atoms with Crippen LogP contribution in [0, 0.1) is 0 Å². The van der Waals surface area contributed by atoms with E-state index in [1.165, 1.54) is 44.9 Å². The van der Waals surface area contributed by atoms with E-state index < -0.39 is 13.8 Å². The molecule has 0 aliphatic carbocycles. The minimum absolute atomic E-state index is 0.0694. The molecule has 10 nitrogen and oxygen atoms in total. The summed E-state index contributed by atoms with van der Waals surface area (Å²) in [5.41, 5.74) is 0. The topological polar surface area (TPSA) is 179 Å². The van der Waals surface area contributed by atoms with Crippen LogP contribution in [0.25, 0.3) is 0 Å². The molecule has 11 heteroatoms. The number of carbonyl (C=O) groups is 1. The third kappa shape index (κ3) is 47.0. The molecule has 0 atom stereocenters. The number of nitrogens with zero attached hydrogens (tertiary/aromatic N) is 1. The Morgan fingerprint density at radius 1 is 0.724 bits per heavy atom. The van der Waals surface area contributed by atoms with Gasteiger partial charge in [-0.2, -0.15) is 0 Å². The Morgan fingerprint density at radius 2 is 1.03 bits per heavy atom. The van der Waals surface area contributed by atoms with E-state index in [4.69, 9.17) is 39.7 Å². The molecule has 29 heavy (non-hydrogen) atoms. The lowest BCUT2D eigenvalue weighted by Gasteiger charge is -2.17. The number of aliphatic carboxylic acids is 1. The standard InChI is InChI=1S/C12H24O2.C6H15NO3.H3O4P/c1-2-3-4-5-6-7-8-9-10-11-12(13)14;8-4-1-7(2-5-9)3-6-10;1-5(2,3)4/h2-11H2,1H3,(H,13,14);8-10H,1-6H2;(H3,1,2,3,4). The summed E-state index contributed by atoms with van der Waals surface area (Å²) in [6, 6.07) is 0. The zero-order valence-corrected chi connectivity index (χ0v) is 18.5. The second kappa shape index (κ2) is 25.5. The van der Waals surface area contributed by atoms with Crippen molar-refractivity contribution < 1.29 is 44.5 Å². The quantitative estimate of drug-likeness (QED) is 0.135. The molecular formula is C18H42NO9P. The molecule has 0 radical (unpaired) electrons. The van der Waals surface area contributed by atoms with Crippen molar-refractivity contribution in [2.24, 2.45) is 0 Å². The predicted molar refractivity (Wildman–Crippen MR) is 111 cm³/mol. The molecule has 0 aliphatic heterocycles. The summed E-state index contributed by atoms with van der Waals surface area (Å²) in [6.07, 6.45) is 11.5. The normalized spacial score (nSPS) is 10.8. The summed E-state index contributed by atoms with van der Waals surface area (Å²) in [5.74, 6) is -0.659. The Balaban J connectivity index is -0.000000392. The van der Waals surface area contributed by atoms with Crippen LogP contribution >= 0.6 is 7.82 Å². The largest absolute Gasteiger partial charge is 0.481 e. The number of carboxylic acids is 1. The van der Waals surface area contributed by atoms with E-state index in [-0.39, 0.29) is 19.8 Å². The first-order valence-electron chi connectivity index (χ1n) is 10.2. The summed E-state index contributed by atoms with van der Waals surface area (Å²) < 4.78 is 8.88. The van der Waals surface area contributed by atoms with Gasteiger partial charge in [0.05, 0.1) is 19.8 Å². The molecule has 0 spiro atoms. The molecule has 0 aromatic rings. The fourth-order valence-electron chi connectivity index (χ4n) is 2.35. The molecule has 0 heterocycles. The van der Waals surface area contributed by atoms with Crippen LogP contribution in [0.5, 0.6) is 0 Å². The first-order chi connectivity index (χ1) is 13.6. The van der Waals surface area contributed by atoms with Crippen molar-refractivity contribution in [1.82, 2.24) is 4.90 Å². The molecule has 0 amide bonds. The Kier molecular flexibility index (Phi) is 29.0. The lowest BCUT2D eigenvalue weighted by atomic mass is 10.1. The van der Waals surface area contributed by atoms with Crippen molar-refractivity contribution in [1.29, 1.82) is 0 Å². The second-order valence-corrected chi connectivity index (χ2v) is 7.52. The third-order valence-corrected chi connectivity index (χ3v) is 3.74. The molecule has 0 saturated carbocycles. The summed E-state index contributed by atoms with van der Waals surface area (Å²) in [4.78, 5) is 33.6. The number of aliphatic hydroxyl groups excluding tert-OH is 3. The molecule has 0 aliphatic rings. The van der Waals surface area contributed by atoms with Crippen LogP contribution in [-0.2, 0) is 9.36 Å². The molecule has 0 fully saturated rings. The fraction of sp³-hybridized carbons (Fsp3) is 0.944. The predicted octanol–water partition coefficient (Wildman–Crippen LogP) is 1.33. The van der Waals surface area contributed by atoms with E-state index in [0.717, 1.165) is 12.8 Å². The van der Waals surface area contributed by atoms with Crippen molar-refractivity contribution in [2.45, 2.75) is 71.1 Å². The minimum Gasteiger partial charge on any atom is -0.481 e. The van der Waals surface area contributed by atoms with E-state index in [2.05, 4.69) is 6.92 Å². The zero-order chi connectivity index (χ0) is 23.0. The molecule has 0 aromatic heterocycles. The summed E-state index contributed by atoms with van der Waals surface area (Å²) >= 11 is 0. The molecule has 0 bridgehead atoms. The molecule has 0 aromatic carbocycles. The van der Waals surface area contributed by atoms with Crippen molar-refractivity contribution in [3.8, 4) is 0 Å². The van der Waals surface area contributed by atoms with Gasteiger partial charge >= 0.3 is 13.8 Å². The molecule has 178 valence electrons. The number of carboxylic acid groups (broad SMARTS) is 1. The molecule has 0 unspecified atom stereocenters. The van der Waals surface area contributed by atoms with E-state index in [0.29, 0.717) is 26.1 Å². The highest BCUT2D eigenvalue weighted by molar-refractivity contribution is 7.45. The minimum atomic E-state index is -4.64. The highest BCUT2D eigenvalue weighted by atomic mass is 31.2. The Hall–Kier alpha value is -0.580. The van der Waals surface area contributed by atoms with Crippen LogP contribution in [0.4, 0.5) is 0 Å². The van der Waals surface area contributed by atoms with Crippen LogP contribution in [0.2, 0.25) is 0 Å². The van der Waals surface area contributed by atoms with Gasteiger partial charge in [-0.3, -0.25) is 9.69 Å². The van der Waals surface area contributed by atoms with Gasteiger partial charge in [0.25, 0.3) is 0 Å². The van der Waals surface area contributed by atoms with Gasteiger partial charge < -0.3 is 35.1 Å². The van der Waals surface area contributed by atoms with Gasteiger partial charge in [-0.25, -0.2) is 4.57 Å². The van der Waals surface area contributed by atoms with Crippen LogP contribution in [-0.4, -0.2) is 85.4 Å². The zero-order valence-electron chi connectivity index (χ0n) is 17.7. The van der Waals surface area contributed by atoms with Gasteiger partial charge in [0, 0.05) is 26.1 Å². The highest BCUT2D eigenvalue weighted by Crippen LogP contribution is 2.25. The monoisotopic (exact) mass is 447 g/mol. The smallest absolute Gasteiger partial charge is 0.466 e. The average molecular weight is 448 g/mol. The molecular weight excluding hydrogens is 405 g/mol. The first-order valence-corrected chi connectivity index (χ1v) is 11.7. The number of hydrogen-bond acceptors (Lipinski definition) is 6. The van der Waals surface area contributed by atoms with Gasteiger partial charge in [-0.15, -0.1) is 0 Å². The summed E-state index contributed by atoms with van der Waals surface area (Å²) in [5, 5.41) is 33.9. The third-order valence-electron chi connectivity index (χ3n) is 3.74. The number of rotatable bonds is 16. The van der Waals surface area contributed by atoms with Crippen LogP contribution in [0.1, 0.15) is 71.1 Å². The number of phosphoric acid groups is 1. The van der Waals surface area contributed by atoms with E-state index in [9.17, 15) is 4.79 Å². The van der Waals surface area contributed by atoms with Gasteiger partial charge in [-0.1, -0.05) is 58.3 Å². The lowest BCUT2D eigenvalue weighted by molar-refractivity contribution is -0.137. The van der Waals surface area contributed by atoms with Gasteiger partial charge in [0.2, 0.25) is 0 Å². The SMILES string of the molecule is CCCCCCCCCCCC(=O)O.O=P(O)(O)O.OCCN(CCO)CCO. The number of unbranched alkanes of at least 4 members (excludes halogenated alkanes) is 8. The molecule has 7 N–H and O–H groups in total. The molecule has 0 rings (SSSR count). The maximum atomic E-state index is 10.2. The highest BCUT2D eigenvalue weighted by Gasteiger charge is 2.01. The van der Waals surface area contributed by atoms with Crippen molar-refractivity contribution in [3.63, 3.8) is 0 Å². The van der Waals surface area contributed by atoms with Crippen molar-refractivity contribution in [3.05, 3.63) is 0 Å². The molecule has 0 saturated heterocycles. The number of aliphatic hydroxyl groups is 3. The van der Waals surface area contributed by atoms with Crippen LogP contribution in [0.3, 0.4) is 0 Å². The van der Waals surface area contributed by atoms with Crippen molar-refractivity contribution in [2.75, 3.05) is 39.5 Å². The van der Waals surface area contributed by atoms with E-state index >= 15 is 0 Å². The van der Waals surface area contributed by atoms with Gasteiger partial charge in [0.15, 0.2) is 0 Å². The Morgan fingerprint density at radius 3 is 1.31 bits per heavy atom. The fourth-order valence-corrected chi connectivity index (χ4v) is 2.35. The number of hydrogen-bond donors (Lipinski definition) is 7. The van der Waals surface area contributed by atoms with Gasteiger partial charge in [0.1, 0.15) is 0 Å². The van der Waals surface area contributed by atoms with Gasteiger partial charge in [-0.05, 0) is 6.42 Å². The van der Waals surface area contributed by atoms with E-state index in [1.807, 2.05) is 0 Å².